The van der Waals surface area contributed by atoms with E-state index in [9.17, 15) is 15.6 Å². The van der Waals surface area contributed by atoms with E-state index in [-0.39, 0.29) is 0 Å². The Bertz CT molecular complexity index is 886. The van der Waals surface area contributed by atoms with Gasteiger partial charge in [0.1, 0.15) is 0 Å². The number of hydrogen-bond donors (Lipinski definition) is 5. The molecule has 0 fully saturated rings. The lowest BCUT2D eigenvalue weighted by Crippen LogP contribution is -2.54. The topological polar surface area (TPSA) is 130 Å². The van der Waals surface area contributed by atoms with Crippen LogP contribution in [0.5, 0.6) is 0 Å². The van der Waals surface area contributed by atoms with Crippen LogP contribution in [0.4, 0.5) is 0 Å². The quantitative estimate of drug-likeness (QED) is 0.0849. The third-order valence-corrected chi connectivity index (χ3v) is 9.33. The maximum absolute atomic E-state index is 10.3. The van der Waals surface area contributed by atoms with Gasteiger partial charge in [-0.2, -0.15) is 10.5 Å². The Kier molecular flexibility index (Phi) is 18.1. The summed E-state index contributed by atoms with van der Waals surface area (Å²) in [7, 11) is 1.93. The standard InChI is InChI=1S/C29H48N4O.C4H12N2/c1-12-14-15-28(10,22-31)26(7,8)29(11,24(4)33-19-23(3)34)20-25(5,6)27(9,21-30)16-18-32-17-13-2;1-6-4-2-3-5/h2,12,23,32-34H,1,4,14-20H2,3,5-11H3;6H,2-5H2,1H3. The van der Waals surface area contributed by atoms with Crippen molar-refractivity contribution in [2.75, 3.05) is 39.8 Å². The lowest BCUT2D eigenvalue weighted by Gasteiger charge is -2.57. The van der Waals surface area contributed by atoms with Crippen molar-refractivity contribution < 1.29 is 5.11 Å². The van der Waals surface area contributed by atoms with Crippen molar-refractivity contribution in [1.29, 1.82) is 10.5 Å². The first-order chi connectivity index (χ1) is 18.5. The van der Waals surface area contributed by atoms with Crippen molar-refractivity contribution in [2.45, 2.75) is 93.6 Å². The monoisotopic (exact) mass is 556 g/mol. The molecule has 0 bridgehead atoms. The number of rotatable bonds is 19. The normalized spacial score (nSPS) is 16.7. The van der Waals surface area contributed by atoms with Crippen LogP contribution in [0, 0.1) is 62.1 Å². The Morgan fingerprint density at radius 1 is 1.05 bits per heavy atom. The Labute approximate surface area is 247 Å². The zero-order valence-electron chi connectivity index (χ0n) is 27.1. The van der Waals surface area contributed by atoms with E-state index in [0.29, 0.717) is 38.9 Å². The van der Waals surface area contributed by atoms with Crippen LogP contribution >= 0.6 is 0 Å². The predicted molar refractivity (Wildman–Crippen MR) is 170 cm³/mol. The van der Waals surface area contributed by atoms with Gasteiger partial charge in [-0.05, 0) is 90.4 Å². The number of allylic oxidation sites excluding steroid dienone is 2. The molecule has 0 radical (unpaired) electrons. The minimum absolute atomic E-state index is 0.367. The van der Waals surface area contributed by atoms with Crippen molar-refractivity contribution in [3.8, 4) is 24.5 Å². The number of aliphatic hydroxyl groups is 1. The van der Waals surface area contributed by atoms with E-state index in [0.717, 1.165) is 31.6 Å². The molecule has 0 aromatic heterocycles. The molecule has 4 atom stereocenters. The lowest BCUT2D eigenvalue weighted by atomic mass is 9.46. The molecule has 7 heteroatoms. The van der Waals surface area contributed by atoms with Gasteiger partial charge in [0.2, 0.25) is 0 Å². The summed E-state index contributed by atoms with van der Waals surface area (Å²) in [6.45, 7) is 28.0. The van der Waals surface area contributed by atoms with Gasteiger partial charge in [0.15, 0.2) is 0 Å². The van der Waals surface area contributed by atoms with Crippen LogP contribution < -0.4 is 21.7 Å². The van der Waals surface area contributed by atoms with E-state index >= 15 is 0 Å². The van der Waals surface area contributed by atoms with E-state index in [1.165, 1.54) is 0 Å². The van der Waals surface area contributed by atoms with E-state index in [2.05, 4.69) is 81.8 Å². The second kappa shape index (κ2) is 18.2. The van der Waals surface area contributed by atoms with E-state index < -0.39 is 33.2 Å². The summed E-state index contributed by atoms with van der Waals surface area (Å²) in [6, 6.07) is 5.19. The van der Waals surface area contributed by atoms with Crippen LogP contribution in [-0.4, -0.2) is 51.0 Å². The van der Waals surface area contributed by atoms with Gasteiger partial charge in [0, 0.05) is 17.7 Å². The summed E-state index contributed by atoms with van der Waals surface area (Å²) in [6.07, 6.45) is 10.4. The predicted octanol–water partition coefficient (Wildman–Crippen LogP) is 5.11. The van der Waals surface area contributed by atoms with Crippen molar-refractivity contribution in [1.82, 2.24) is 16.0 Å². The van der Waals surface area contributed by atoms with Crippen LogP contribution in [0.3, 0.4) is 0 Å². The van der Waals surface area contributed by atoms with Gasteiger partial charge in [-0.3, -0.25) is 0 Å². The van der Waals surface area contributed by atoms with E-state index in [1.54, 1.807) is 6.92 Å². The highest BCUT2D eigenvalue weighted by molar-refractivity contribution is 5.22. The van der Waals surface area contributed by atoms with Crippen LogP contribution in [0.1, 0.15) is 87.5 Å². The highest BCUT2D eigenvalue weighted by Gasteiger charge is 2.57. The van der Waals surface area contributed by atoms with Crippen LogP contribution in [0.25, 0.3) is 0 Å². The van der Waals surface area contributed by atoms with Crippen molar-refractivity contribution in [3.05, 3.63) is 24.9 Å². The van der Waals surface area contributed by atoms with Gasteiger partial charge < -0.3 is 26.8 Å². The first kappa shape index (κ1) is 39.8. The van der Waals surface area contributed by atoms with Crippen molar-refractivity contribution in [2.24, 2.45) is 32.8 Å². The smallest absolute Gasteiger partial charge is 0.0692 e. The summed E-state index contributed by atoms with van der Waals surface area (Å²) < 4.78 is 0. The molecule has 0 aliphatic rings. The molecule has 0 spiro atoms. The van der Waals surface area contributed by atoms with Crippen molar-refractivity contribution in [3.63, 3.8) is 0 Å². The van der Waals surface area contributed by atoms with Gasteiger partial charge >= 0.3 is 0 Å². The third-order valence-electron chi connectivity index (χ3n) is 9.33. The second-order valence-corrected chi connectivity index (χ2v) is 12.8. The minimum atomic E-state index is -0.668. The zero-order valence-corrected chi connectivity index (χ0v) is 27.1. The maximum atomic E-state index is 10.3. The molecular weight excluding hydrogens is 496 g/mol. The lowest BCUT2D eigenvalue weighted by molar-refractivity contribution is -0.0417. The SMILES string of the molecule is C#CCNCCC(C)(C#N)C(C)(C)CC(C)(C(=C)NCC(C)O)C(C)(C)C(C)(C#N)CCC=C.CNCCCN. The zero-order chi connectivity index (χ0) is 31.7. The summed E-state index contributed by atoms with van der Waals surface area (Å²) in [5.41, 5.74) is 3.14. The number of aliphatic hydroxyl groups excluding tert-OH is 1. The van der Waals surface area contributed by atoms with Gasteiger partial charge in [0.25, 0.3) is 0 Å². The fourth-order valence-corrected chi connectivity index (χ4v) is 5.08. The van der Waals surface area contributed by atoms with E-state index in [1.807, 2.05) is 27.0 Å². The molecule has 0 rings (SSSR count). The number of nitriles is 2. The molecule has 4 unspecified atom stereocenters. The first-order valence-electron chi connectivity index (χ1n) is 14.5. The van der Waals surface area contributed by atoms with Crippen LogP contribution in [0.2, 0.25) is 0 Å². The summed E-state index contributed by atoms with van der Waals surface area (Å²) in [5, 5.41) is 40.0. The molecule has 0 heterocycles. The molecule has 0 aliphatic carbocycles. The van der Waals surface area contributed by atoms with Crippen molar-refractivity contribution >= 4 is 0 Å². The number of hydrogen-bond acceptors (Lipinski definition) is 7. The Morgan fingerprint density at radius 2 is 1.62 bits per heavy atom. The summed E-state index contributed by atoms with van der Waals surface area (Å²) >= 11 is 0. The minimum Gasteiger partial charge on any atom is -0.392 e. The summed E-state index contributed by atoms with van der Waals surface area (Å²) in [5.74, 6) is 2.57. The highest BCUT2D eigenvalue weighted by Crippen LogP contribution is 2.62. The number of nitrogens with zero attached hydrogens (tertiary/aromatic N) is 2. The molecule has 0 aliphatic heterocycles. The summed E-state index contributed by atoms with van der Waals surface area (Å²) in [4.78, 5) is 0. The van der Waals surface area contributed by atoms with Crippen LogP contribution in [-0.2, 0) is 0 Å². The Balaban J connectivity index is 0. The average Bonchev–Trinajstić information content (AvgIpc) is 2.90. The molecule has 0 amide bonds. The molecular formula is C33H60N6O. The number of nitrogens with two attached hydrogens (primary N) is 1. The first-order valence-corrected chi connectivity index (χ1v) is 14.5. The van der Waals surface area contributed by atoms with Gasteiger partial charge in [-0.1, -0.05) is 53.2 Å². The van der Waals surface area contributed by atoms with Gasteiger partial charge in [0.05, 0.1) is 35.6 Å². The van der Waals surface area contributed by atoms with E-state index in [4.69, 9.17) is 12.2 Å². The molecule has 0 aromatic carbocycles. The molecule has 228 valence electrons. The fraction of sp³-hybridized carbons (Fsp3) is 0.758. The van der Waals surface area contributed by atoms with Gasteiger partial charge in [-0.25, -0.2) is 0 Å². The third kappa shape index (κ3) is 10.9. The average molecular weight is 557 g/mol. The van der Waals surface area contributed by atoms with Gasteiger partial charge in [-0.15, -0.1) is 13.0 Å². The molecule has 0 saturated carbocycles. The fourth-order valence-electron chi connectivity index (χ4n) is 5.08. The molecule has 40 heavy (non-hydrogen) atoms. The number of terminal acetylenes is 1. The second-order valence-electron chi connectivity index (χ2n) is 12.8. The Morgan fingerprint density at radius 3 is 2.02 bits per heavy atom. The maximum Gasteiger partial charge on any atom is 0.0692 e. The molecule has 0 aromatic rings. The Hall–Kier alpha value is -2.34. The molecule has 6 N–H and O–H groups in total. The number of nitrogens with one attached hydrogen (secondary N) is 3. The largest absolute Gasteiger partial charge is 0.392 e. The van der Waals surface area contributed by atoms with Crippen LogP contribution in [0.15, 0.2) is 24.9 Å². The molecule has 0 saturated heterocycles. The highest BCUT2D eigenvalue weighted by atomic mass is 16.3. The molecule has 7 nitrogen and oxygen atoms in total.